The lowest BCUT2D eigenvalue weighted by Gasteiger charge is -2.09. The summed E-state index contributed by atoms with van der Waals surface area (Å²) in [5.74, 6) is -0.703. The molecule has 3 aromatic rings. The van der Waals surface area contributed by atoms with Gasteiger partial charge in [0.2, 0.25) is 5.91 Å². The first-order valence-electron chi connectivity index (χ1n) is 7.32. The van der Waals surface area contributed by atoms with E-state index in [2.05, 4.69) is 15.5 Å². The van der Waals surface area contributed by atoms with Crippen LogP contribution in [0.2, 0.25) is 0 Å². The van der Waals surface area contributed by atoms with Crippen molar-refractivity contribution in [1.82, 2.24) is 15.0 Å². The fourth-order valence-electron chi connectivity index (χ4n) is 2.30. The number of nitrogens with zero attached hydrogens (tertiary/aromatic N) is 4. The number of nitro benzene ring substituents is 1. The monoisotopic (exact) mass is 338 g/mol. The maximum atomic E-state index is 11.2. The third kappa shape index (κ3) is 3.61. The van der Waals surface area contributed by atoms with Crippen LogP contribution in [0.4, 0.5) is 11.4 Å². The summed E-state index contributed by atoms with van der Waals surface area (Å²) in [5.41, 5.74) is 7.15. The molecule has 3 rings (SSSR count). The fourth-order valence-corrected chi connectivity index (χ4v) is 2.30. The van der Waals surface area contributed by atoms with Crippen molar-refractivity contribution in [3.63, 3.8) is 0 Å². The normalized spacial score (nSPS) is 10.4. The predicted molar refractivity (Wildman–Crippen MR) is 90.3 cm³/mol. The Morgan fingerprint density at radius 1 is 1.16 bits per heavy atom. The molecule has 0 spiro atoms. The summed E-state index contributed by atoms with van der Waals surface area (Å²) in [6.07, 6.45) is 3.17. The number of nitrogens with two attached hydrogens (primary N) is 1. The van der Waals surface area contributed by atoms with E-state index < -0.39 is 10.8 Å². The van der Waals surface area contributed by atoms with Gasteiger partial charge >= 0.3 is 0 Å². The highest BCUT2D eigenvalue weighted by atomic mass is 16.6. The van der Waals surface area contributed by atoms with E-state index in [0.29, 0.717) is 5.56 Å². The van der Waals surface area contributed by atoms with Crippen LogP contribution >= 0.6 is 0 Å². The first-order valence-corrected chi connectivity index (χ1v) is 7.32. The zero-order chi connectivity index (χ0) is 17.8. The lowest BCUT2D eigenvalue weighted by molar-refractivity contribution is -0.385. The SMILES string of the molecule is NC(=O)c1ccc(CNc2ccc(-n3nccn3)cc2)c([N+](=O)[O-])c1. The van der Waals surface area contributed by atoms with Gasteiger partial charge in [-0.3, -0.25) is 14.9 Å². The Labute approximate surface area is 142 Å². The van der Waals surface area contributed by atoms with E-state index >= 15 is 0 Å². The Bertz CT molecular complexity index is 906. The highest BCUT2D eigenvalue weighted by molar-refractivity contribution is 5.93. The number of rotatable bonds is 6. The van der Waals surface area contributed by atoms with Crippen molar-refractivity contribution in [3.05, 3.63) is 76.1 Å². The minimum absolute atomic E-state index is 0.103. The molecular weight excluding hydrogens is 324 g/mol. The van der Waals surface area contributed by atoms with Crippen LogP contribution in [0.25, 0.3) is 5.69 Å². The molecule has 1 heterocycles. The Hall–Kier alpha value is -3.75. The van der Waals surface area contributed by atoms with E-state index in [9.17, 15) is 14.9 Å². The van der Waals surface area contributed by atoms with Crippen LogP contribution in [0.15, 0.2) is 54.9 Å². The van der Waals surface area contributed by atoms with Crippen LogP contribution < -0.4 is 11.1 Å². The fraction of sp³-hybridized carbons (Fsp3) is 0.0625. The Morgan fingerprint density at radius 3 is 2.44 bits per heavy atom. The Balaban J connectivity index is 1.75. The Kier molecular flexibility index (Phi) is 4.38. The zero-order valence-corrected chi connectivity index (χ0v) is 13.0. The van der Waals surface area contributed by atoms with Crippen molar-refractivity contribution in [1.29, 1.82) is 0 Å². The number of primary amides is 1. The summed E-state index contributed by atoms with van der Waals surface area (Å²) < 4.78 is 0. The molecule has 0 bridgehead atoms. The number of carbonyl (C=O) groups excluding carboxylic acids is 1. The van der Waals surface area contributed by atoms with Crippen LogP contribution in [0, 0.1) is 10.1 Å². The first kappa shape index (κ1) is 16.1. The molecule has 25 heavy (non-hydrogen) atoms. The molecule has 0 atom stereocenters. The molecule has 1 aromatic heterocycles. The van der Waals surface area contributed by atoms with Gasteiger partial charge in [0.25, 0.3) is 5.69 Å². The molecule has 0 aliphatic carbocycles. The molecular formula is C16H14N6O3. The summed E-state index contributed by atoms with van der Waals surface area (Å²) in [6, 6.07) is 11.5. The van der Waals surface area contributed by atoms with E-state index in [-0.39, 0.29) is 17.8 Å². The van der Waals surface area contributed by atoms with Crippen molar-refractivity contribution < 1.29 is 9.72 Å². The summed E-state index contributed by atoms with van der Waals surface area (Å²) in [6.45, 7) is 0.231. The third-order valence-corrected chi connectivity index (χ3v) is 3.57. The zero-order valence-electron chi connectivity index (χ0n) is 13.0. The second-order valence-corrected chi connectivity index (χ2v) is 5.18. The number of nitro groups is 1. The van der Waals surface area contributed by atoms with Crippen molar-refractivity contribution in [2.45, 2.75) is 6.54 Å². The molecule has 0 saturated heterocycles. The largest absolute Gasteiger partial charge is 0.381 e. The van der Waals surface area contributed by atoms with Gasteiger partial charge in [-0.05, 0) is 36.4 Å². The summed E-state index contributed by atoms with van der Waals surface area (Å²) in [4.78, 5) is 23.3. The molecule has 0 aliphatic heterocycles. The number of benzene rings is 2. The molecule has 3 N–H and O–H groups in total. The van der Waals surface area contributed by atoms with Gasteiger partial charge < -0.3 is 11.1 Å². The minimum Gasteiger partial charge on any atom is -0.381 e. The average Bonchev–Trinajstić information content (AvgIpc) is 3.14. The van der Waals surface area contributed by atoms with Crippen molar-refractivity contribution in [2.24, 2.45) is 5.73 Å². The van der Waals surface area contributed by atoms with Gasteiger partial charge in [-0.25, -0.2) is 0 Å². The van der Waals surface area contributed by atoms with Crippen LogP contribution in [0.5, 0.6) is 0 Å². The highest BCUT2D eigenvalue weighted by Crippen LogP contribution is 2.22. The average molecular weight is 338 g/mol. The summed E-state index contributed by atoms with van der Waals surface area (Å²) >= 11 is 0. The summed E-state index contributed by atoms with van der Waals surface area (Å²) in [7, 11) is 0. The Morgan fingerprint density at radius 2 is 1.84 bits per heavy atom. The van der Waals surface area contributed by atoms with Gasteiger partial charge in [-0.1, -0.05) is 0 Å². The maximum Gasteiger partial charge on any atom is 0.275 e. The van der Waals surface area contributed by atoms with E-state index in [1.807, 2.05) is 24.3 Å². The molecule has 0 aliphatic rings. The predicted octanol–water partition coefficient (Wildman–Crippen LogP) is 1.89. The molecule has 0 unspecified atom stereocenters. The van der Waals surface area contributed by atoms with Crippen molar-refractivity contribution in [3.8, 4) is 5.69 Å². The number of carbonyl (C=O) groups is 1. The van der Waals surface area contributed by atoms with Gasteiger partial charge in [-0.2, -0.15) is 15.0 Å². The molecule has 126 valence electrons. The maximum absolute atomic E-state index is 11.2. The van der Waals surface area contributed by atoms with Gasteiger partial charge in [0.05, 0.1) is 23.0 Å². The number of hydrogen-bond donors (Lipinski definition) is 2. The molecule has 2 aromatic carbocycles. The molecule has 0 radical (unpaired) electrons. The van der Waals surface area contributed by atoms with Crippen molar-refractivity contribution >= 4 is 17.3 Å². The van der Waals surface area contributed by atoms with Crippen molar-refractivity contribution in [2.75, 3.05) is 5.32 Å². The van der Waals surface area contributed by atoms with E-state index in [1.54, 1.807) is 12.4 Å². The second-order valence-electron chi connectivity index (χ2n) is 5.18. The van der Waals surface area contributed by atoms with E-state index in [1.165, 1.54) is 23.0 Å². The molecule has 0 saturated carbocycles. The number of anilines is 1. The number of hydrogen-bond acceptors (Lipinski definition) is 6. The number of aromatic nitrogens is 3. The van der Waals surface area contributed by atoms with Gasteiger partial charge in [0.15, 0.2) is 0 Å². The molecule has 9 nitrogen and oxygen atoms in total. The number of amides is 1. The van der Waals surface area contributed by atoms with Crippen LogP contribution in [0.3, 0.4) is 0 Å². The molecule has 9 heteroatoms. The third-order valence-electron chi connectivity index (χ3n) is 3.57. The topological polar surface area (TPSA) is 129 Å². The molecule has 1 amide bonds. The van der Waals surface area contributed by atoms with Gasteiger partial charge in [-0.15, -0.1) is 0 Å². The molecule has 0 fully saturated rings. The smallest absolute Gasteiger partial charge is 0.275 e. The first-order chi connectivity index (χ1) is 12.0. The lowest BCUT2D eigenvalue weighted by Crippen LogP contribution is -2.12. The van der Waals surface area contributed by atoms with Crippen LogP contribution in [-0.2, 0) is 6.54 Å². The standard InChI is InChI=1S/C16H14N6O3/c17-16(23)11-1-2-12(15(9-11)22(24)25)10-18-13-3-5-14(6-4-13)21-19-7-8-20-21/h1-9,18H,10H2,(H2,17,23). The van der Waals surface area contributed by atoms with E-state index in [0.717, 1.165) is 11.4 Å². The number of nitrogens with one attached hydrogen (secondary N) is 1. The highest BCUT2D eigenvalue weighted by Gasteiger charge is 2.16. The minimum atomic E-state index is -0.703. The lowest BCUT2D eigenvalue weighted by atomic mass is 10.1. The summed E-state index contributed by atoms with van der Waals surface area (Å²) in [5, 5.41) is 22.4. The van der Waals surface area contributed by atoms with Gasteiger partial charge in [0.1, 0.15) is 0 Å². The van der Waals surface area contributed by atoms with Gasteiger partial charge in [0, 0.05) is 29.4 Å². The van der Waals surface area contributed by atoms with E-state index in [4.69, 9.17) is 5.73 Å². The second kappa shape index (κ2) is 6.79. The van der Waals surface area contributed by atoms with Crippen LogP contribution in [0.1, 0.15) is 15.9 Å². The quantitative estimate of drug-likeness (QED) is 0.521. The van der Waals surface area contributed by atoms with Crippen LogP contribution in [-0.4, -0.2) is 25.8 Å².